The Bertz CT molecular complexity index is 908. The van der Waals surface area contributed by atoms with Crippen LogP contribution in [0, 0.1) is 6.92 Å². The van der Waals surface area contributed by atoms with Crippen LogP contribution in [-0.2, 0) is 11.3 Å². The largest absolute Gasteiger partial charge is 0.376 e. The topological polar surface area (TPSA) is 61.9 Å². The number of hydrogen-bond donors (Lipinski definition) is 1. The summed E-state index contributed by atoms with van der Waals surface area (Å²) in [6.07, 6.45) is 3.04. The molecule has 0 bridgehead atoms. The first kappa shape index (κ1) is 20.4. The van der Waals surface area contributed by atoms with Crippen LogP contribution in [0.4, 0.5) is 10.5 Å². The Kier molecular flexibility index (Phi) is 6.33. The number of anilines is 1. The van der Waals surface area contributed by atoms with E-state index in [1.165, 1.54) is 5.56 Å². The first-order chi connectivity index (χ1) is 14.6. The van der Waals surface area contributed by atoms with Gasteiger partial charge in [-0.05, 0) is 55.5 Å². The standard InChI is InChI=1S/C24H29N3O3/c1-18-7-2-3-8-20(18)17-26-12-6-13-27(24(26)29)21-10-4-9-19(15-21)23(28)25-16-22-11-5-14-30-22/h2-4,7-10,15,22H,5-6,11-14,16-17H2,1H3,(H,25,28)/t22-/m0/s1. The maximum Gasteiger partial charge on any atom is 0.324 e. The number of carbonyl (C=O) groups is 2. The van der Waals surface area contributed by atoms with Gasteiger partial charge in [-0.2, -0.15) is 0 Å². The molecule has 30 heavy (non-hydrogen) atoms. The molecule has 2 saturated heterocycles. The number of carbonyl (C=O) groups excluding carboxylic acids is 2. The molecule has 3 amide bonds. The molecule has 6 heteroatoms. The Balaban J connectivity index is 1.43. The Labute approximate surface area is 177 Å². The number of hydrogen-bond acceptors (Lipinski definition) is 3. The molecule has 6 nitrogen and oxygen atoms in total. The lowest BCUT2D eigenvalue weighted by atomic mass is 10.1. The first-order valence-electron chi connectivity index (χ1n) is 10.7. The van der Waals surface area contributed by atoms with Crippen LogP contribution in [0.3, 0.4) is 0 Å². The summed E-state index contributed by atoms with van der Waals surface area (Å²) in [5, 5.41) is 2.95. The zero-order valence-corrected chi connectivity index (χ0v) is 17.5. The Hall–Kier alpha value is -2.86. The summed E-state index contributed by atoms with van der Waals surface area (Å²) in [5.41, 5.74) is 3.68. The molecule has 1 atom stereocenters. The third-order valence-electron chi connectivity index (χ3n) is 5.87. The lowest BCUT2D eigenvalue weighted by Crippen LogP contribution is -2.49. The molecule has 1 N–H and O–H groups in total. The molecule has 0 unspecified atom stereocenters. The van der Waals surface area contributed by atoms with Gasteiger partial charge in [-0.1, -0.05) is 30.3 Å². The monoisotopic (exact) mass is 407 g/mol. The highest BCUT2D eigenvalue weighted by Gasteiger charge is 2.27. The average Bonchev–Trinajstić information content (AvgIpc) is 3.29. The highest BCUT2D eigenvalue weighted by atomic mass is 16.5. The molecular weight excluding hydrogens is 378 g/mol. The van der Waals surface area contributed by atoms with E-state index < -0.39 is 0 Å². The summed E-state index contributed by atoms with van der Waals surface area (Å²) in [5.74, 6) is -0.131. The first-order valence-corrected chi connectivity index (χ1v) is 10.7. The molecule has 0 saturated carbocycles. The van der Waals surface area contributed by atoms with Gasteiger partial charge in [0, 0.05) is 44.0 Å². The van der Waals surface area contributed by atoms with Crippen molar-refractivity contribution >= 4 is 17.6 Å². The third-order valence-corrected chi connectivity index (χ3v) is 5.87. The maximum absolute atomic E-state index is 13.2. The van der Waals surface area contributed by atoms with E-state index in [0.29, 0.717) is 25.2 Å². The number of benzene rings is 2. The third kappa shape index (κ3) is 4.65. The van der Waals surface area contributed by atoms with Crippen molar-refractivity contribution in [1.29, 1.82) is 0 Å². The van der Waals surface area contributed by atoms with Crippen molar-refractivity contribution in [2.75, 3.05) is 31.1 Å². The Morgan fingerprint density at radius 2 is 2.00 bits per heavy atom. The van der Waals surface area contributed by atoms with Crippen LogP contribution < -0.4 is 10.2 Å². The van der Waals surface area contributed by atoms with Crippen molar-refractivity contribution in [2.45, 2.75) is 38.8 Å². The highest BCUT2D eigenvalue weighted by molar-refractivity contribution is 5.98. The number of nitrogens with one attached hydrogen (secondary N) is 1. The molecule has 2 aliphatic rings. The van der Waals surface area contributed by atoms with Crippen LogP contribution in [-0.4, -0.2) is 49.2 Å². The fourth-order valence-corrected chi connectivity index (χ4v) is 4.09. The second kappa shape index (κ2) is 9.30. The Morgan fingerprint density at radius 1 is 1.13 bits per heavy atom. The molecular formula is C24H29N3O3. The van der Waals surface area contributed by atoms with Gasteiger partial charge in [-0.25, -0.2) is 4.79 Å². The molecule has 2 heterocycles. The zero-order valence-electron chi connectivity index (χ0n) is 17.5. The number of amides is 3. The summed E-state index contributed by atoms with van der Waals surface area (Å²) < 4.78 is 5.57. The van der Waals surface area contributed by atoms with Crippen molar-refractivity contribution in [1.82, 2.24) is 10.2 Å². The minimum Gasteiger partial charge on any atom is -0.376 e. The maximum atomic E-state index is 13.2. The van der Waals surface area contributed by atoms with E-state index in [2.05, 4.69) is 24.4 Å². The summed E-state index contributed by atoms with van der Waals surface area (Å²) >= 11 is 0. The van der Waals surface area contributed by atoms with Crippen LogP contribution in [0.25, 0.3) is 0 Å². The second-order valence-electron chi connectivity index (χ2n) is 8.03. The van der Waals surface area contributed by atoms with Gasteiger partial charge in [0.25, 0.3) is 5.91 Å². The molecule has 2 aliphatic heterocycles. The van der Waals surface area contributed by atoms with Crippen molar-refractivity contribution in [3.05, 3.63) is 65.2 Å². The van der Waals surface area contributed by atoms with E-state index in [4.69, 9.17) is 4.74 Å². The van der Waals surface area contributed by atoms with Crippen LogP contribution in [0.1, 0.15) is 40.7 Å². The minimum absolute atomic E-state index is 0.0126. The lowest BCUT2D eigenvalue weighted by Gasteiger charge is -2.36. The van der Waals surface area contributed by atoms with E-state index in [-0.39, 0.29) is 18.0 Å². The van der Waals surface area contributed by atoms with E-state index in [9.17, 15) is 9.59 Å². The number of urea groups is 1. The van der Waals surface area contributed by atoms with Gasteiger partial charge in [-0.15, -0.1) is 0 Å². The lowest BCUT2D eigenvalue weighted by molar-refractivity contribution is 0.0857. The number of ether oxygens (including phenoxy) is 1. The fourth-order valence-electron chi connectivity index (χ4n) is 4.09. The van der Waals surface area contributed by atoms with Gasteiger partial charge in [0.2, 0.25) is 0 Å². The van der Waals surface area contributed by atoms with Gasteiger partial charge in [0.05, 0.1) is 6.10 Å². The summed E-state index contributed by atoms with van der Waals surface area (Å²) in [6.45, 7) is 5.36. The molecule has 0 spiro atoms. The Morgan fingerprint density at radius 3 is 2.80 bits per heavy atom. The van der Waals surface area contributed by atoms with Gasteiger partial charge < -0.3 is 15.0 Å². The van der Waals surface area contributed by atoms with Gasteiger partial charge in [0.1, 0.15) is 0 Å². The second-order valence-corrected chi connectivity index (χ2v) is 8.03. The number of rotatable bonds is 6. The smallest absolute Gasteiger partial charge is 0.324 e. The molecule has 2 fully saturated rings. The predicted molar refractivity (Wildman–Crippen MR) is 117 cm³/mol. The highest BCUT2D eigenvalue weighted by Crippen LogP contribution is 2.23. The van der Waals surface area contributed by atoms with Crippen LogP contribution in [0.15, 0.2) is 48.5 Å². The molecule has 0 aliphatic carbocycles. The van der Waals surface area contributed by atoms with Crippen LogP contribution in [0.2, 0.25) is 0 Å². The SMILES string of the molecule is Cc1ccccc1CN1CCCN(c2cccc(C(=O)NC[C@@H]3CCCO3)c2)C1=O. The predicted octanol–water partition coefficient (Wildman–Crippen LogP) is 3.74. The van der Waals surface area contributed by atoms with Crippen molar-refractivity contribution in [3.63, 3.8) is 0 Å². The van der Waals surface area contributed by atoms with Crippen molar-refractivity contribution in [3.8, 4) is 0 Å². The van der Waals surface area contributed by atoms with Gasteiger partial charge in [-0.3, -0.25) is 9.69 Å². The van der Waals surface area contributed by atoms with E-state index in [1.807, 2.05) is 29.2 Å². The summed E-state index contributed by atoms with van der Waals surface area (Å²) in [6, 6.07) is 15.5. The minimum atomic E-state index is -0.131. The summed E-state index contributed by atoms with van der Waals surface area (Å²) in [4.78, 5) is 29.4. The van der Waals surface area contributed by atoms with Crippen LogP contribution >= 0.6 is 0 Å². The van der Waals surface area contributed by atoms with E-state index in [0.717, 1.165) is 43.7 Å². The number of aryl methyl sites for hydroxylation is 1. The molecule has 2 aromatic rings. The molecule has 0 radical (unpaired) electrons. The number of nitrogens with zero attached hydrogens (tertiary/aromatic N) is 2. The average molecular weight is 408 g/mol. The quantitative estimate of drug-likeness (QED) is 0.794. The van der Waals surface area contributed by atoms with Crippen molar-refractivity contribution in [2.24, 2.45) is 0 Å². The van der Waals surface area contributed by atoms with Gasteiger partial charge in [0.15, 0.2) is 0 Å². The van der Waals surface area contributed by atoms with Crippen LogP contribution in [0.5, 0.6) is 0 Å². The zero-order chi connectivity index (χ0) is 20.9. The van der Waals surface area contributed by atoms with E-state index in [1.54, 1.807) is 17.0 Å². The van der Waals surface area contributed by atoms with Crippen molar-refractivity contribution < 1.29 is 14.3 Å². The normalized spacial score (nSPS) is 19.2. The van der Waals surface area contributed by atoms with Gasteiger partial charge >= 0.3 is 6.03 Å². The molecule has 2 aromatic carbocycles. The van der Waals surface area contributed by atoms with E-state index >= 15 is 0 Å². The summed E-state index contributed by atoms with van der Waals surface area (Å²) in [7, 11) is 0. The molecule has 158 valence electrons. The molecule has 0 aromatic heterocycles. The molecule has 4 rings (SSSR count). The fraction of sp³-hybridized carbons (Fsp3) is 0.417.